The molecule has 1 aromatic rings. The first kappa shape index (κ1) is 13.6. The Kier molecular flexibility index (Phi) is 4.36. The number of hydrogen-bond acceptors (Lipinski definition) is 5. The summed E-state index contributed by atoms with van der Waals surface area (Å²) in [5.74, 6) is -2.05. The van der Waals surface area contributed by atoms with Crippen LogP contribution in [0.1, 0.15) is 28.4 Å². The zero-order valence-electron chi connectivity index (χ0n) is 9.58. The van der Waals surface area contributed by atoms with E-state index in [1.54, 1.807) is 6.92 Å². The molecule has 0 bridgehead atoms. The lowest BCUT2D eigenvalue weighted by Crippen LogP contribution is -2.12. The summed E-state index contributed by atoms with van der Waals surface area (Å²) in [5.41, 5.74) is 1.25. The van der Waals surface area contributed by atoms with Gasteiger partial charge in [0.25, 0.3) is 0 Å². The Morgan fingerprint density at radius 3 is 2.56 bits per heavy atom. The van der Waals surface area contributed by atoms with Crippen LogP contribution < -0.4 is 0 Å². The molecule has 0 heterocycles. The summed E-state index contributed by atoms with van der Waals surface area (Å²) in [6, 6.07) is 4.18. The molecule has 0 spiro atoms. The van der Waals surface area contributed by atoms with E-state index in [0.717, 1.165) is 0 Å². The highest BCUT2D eigenvalue weighted by Crippen LogP contribution is 2.15. The summed E-state index contributed by atoms with van der Waals surface area (Å²) < 4.78 is 0. The summed E-state index contributed by atoms with van der Waals surface area (Å²) in [4.78, 5) is 35.8. The van der Waals surface area contributed by atoms with Gasteiger partial charge in [-0.1, -0.05) is 13.0 Å². The second-order valence-corrected chi connectivity index (χ2v) is 3.51. The molecule has 7 nitrogen and oxygen atoms in total. The summed E-state index contributed by atoms with van der Waals surface area (Å²) in [6.07, 6.45) is 0.357. The van der Waals surface area contributed by atoms with E-state index < -0.39 is 17.0 Å². The SMILES string of the molecule is CCc1cc(C(=O)O[N+](=O)[O-])ccc1CC(=O)O. The molecule has 18 heavy (non-hydrogen) atoms. The Bertz CT molecular complexity index is 496. The van der Waals surface area contributed by atoms with Gasteiger partial charge in [0.05, 0.1) is 6.42 Å². The summed E-state index contributed by atoms with van der Waals surface area (Å²) in [7, 11) is 0. The van der Waals surface area contributed by atoms with Crippen LogP contribution in [0, 0.1) is 10.1 Å². The van der Waals surface area contributed by atoms with E-state index >= 15 is 0 Å². The molecule has 1 rings (SSSR count). The van der Waals surface area contributed by atoms with E-state index in [1.165, 1.54) is 18.2 Å². The maximum atomic E-state index is 11.3. The highest BCUT2D eigenvalue weighted by atomic mass is 17.0. The van der Waals surface area contributed by atoms with Crippen molar-refractivity contribution in [3.05, 3.63) is 45.0 Å². The van der Waals surface area contributed by atoms with Crippen molar-refractivity contribution in [1.82, 2.24) is 0 Å². The van der Waals surface area contributed by atoms with E-state index in [4.69, 9.17) is 5.11 Å². The Labute approximate surface area is 102 Å². The minimum Gasteiger partial charge on any atom is -0.481 e. The summed E-state index contributed by atoms with van der Waals surface area (Å²) >= 11 is 0. The van der Waals surface area contributed by atoms with Gasteiger partial charge in [-0.2, -0.15) is 0 Å². The predicted molar refractivity (Wildman–Crippen MR) is 59.6 cm³/mol. The highest BCUT2D eigenvalue weighted by molar-refractivity contribution is 5.89. The molecular weight excluding hydrogens is 242 g/mol. The van der Waals surface area contributed by atoms with Crippen molar-refractivity contribution >= 4 is 11.9 Å². The van der Waals surface area contributed by atoms with Gasteiger partial charge < -0.3 is 5.11 Å². The zero-order chi connectivity index (χ0) is 13.7. The number of carbonyl (C=O) groups excluding carboxylic acids is 1. The Balaban J connectivity index is 3.01. The van der Waals surface area contributed by atoms with E-state index in [2.05, 4.69) is 4.84 Å². The van der Waals surface area contributed by atoms with Crippen molar-refractivity contribution in [2.24, 2.45) is 0 Å². The van der Waals surface area contributed by atoms with Gasteiger partial charge in [-0.25, -0.2) is 4.84 Å². The largest absolute Gasteiger partial charge is 0.481 e. The van der Waals surface area contributed by atoms with Crippen LogP contribution in [0.5, 0.6) is 0 Å². The number of aryl methyl sites for hydroxylation is 1. The van der Waals surface area contributed by atoms with Crippen LogP contribution in [0.2, 0.25) is 0 Å². The van der Waals surface area contributed by atoms with Crippen molar-refractivity contribution < 1.29 is 24.6 Å². The number of carboxylic acids is 1. The lowest BCUT2D eigenvalue weighted by atomic mass is 9.99. The van der Waals surface area contributed by atoms with Gasteiger partial charge in [0, 0.05) is 5.56 Å². The molecule has 0 aromatic heterocycles. The fourth-order valence-corrected chi connectivity index (χ4v) is 1.54. The van der Waals surface area contributed by atoms with Gasteiger partial charge in [0.1, 0.15) is 0 Å². The van der Waals surface area contributed by atoms with Crippen LogP contribution >= 0.6 is 0 Å². The standard InChI is InChI=1S/C11H11NO6/c1-2-7-5-9(11(15)18-12(16)17)4-3-8(7)6-10(13)14/h3-5H,2,6H2,1H3,(H,13,14). The molecule has 0 aliphatic carbocycles. The predicted octanol–water partition coefficient (Wildman–Crippen LogP) is 1.22. The fraction of sp³-hybridized carbons (Fsp3) is 0.273. The maximum absolute atomic E-state index is 11.3. The Hall–Kier alpha value is -2.44. The molecule has 0 saturated heterocycles. The van der Waals surface area contributed by atoms with Crippen LogP contribution in [-0.2, 0) is 22.5 Å². The normalized spacial score (nSPS) is 9.83. The quantitative estimate of drug-likeness (QED) is 0.624. The summed E-state index contributed by atoms with van der Waals surface area (Å²) in [5, 5.41) is 17.6. The number of carboxylic acid groups (broad SMARTS) is 1. The van der Waals surface area contributed by atoms with Gasteiger partial charge in [0.15, 0.2) is 0 Å². The minimum absolute atomic E-state index is 0.0256. The van der Waals surface area contributed by atoms with Crippen molar-refractivity contribution in [2.45, 2.75) is 19.8 Å². The highest BCUT2D eigenvalue weighted by Gasteiger charge is 2.13. The van der Waals surface area contributed by atoms with Gasteiger partial charge in [-0.3, -0.25) is 9.59 Å². The average Bonchev–Trinajstić information content (AvgIpc) is 2.27. The fourth-order valence-electron chi connectivity index (χ4n) is 1.54. The van der Waals surface area contributed by atoms with Crippen LogP contribution in [0.15, 0.2) is 18.2 Å². The first-order chi connectivity index (χ1) is 8.43. The number of carbonyl (C=O) groups is 2. The second-order valence-electron chi connectivity index (χ2n) is 3.51. The van der Waals surface area contributed by atoms with Gasteiger partial charge in [0.2, 0.25) is 0 Å². The zero-order valence-corrected chi connectivity index (χ0v) is 9.58. The molecule has 0 amide bonds. The first-order valence-corrected chi connectivity index (χ1v) is 5.14. The molecule has 96 valence electrons. The molecule has 0 saturated carbocycles. The molecule has 0 unspecified atom stereocenters. The molecular formula is C11H11NO6. The molecule has 7 heteroatoms. The van der Waals surface area contributed by atoms with Crippen molar-refractivity contribution in [2.75, 3.05) is 0 Å². The van der Waals surface area contributed by atoms with Crippen molar-refractivity contribution in [3.63, 3.8) is 0 Å². The smallest absolute Gasteiger partial charge is 0.334 e. The monoisotopic (exact) mass is 253 g/mol. The van der Waals surface area contributed by atoms with Gasteiger partial charge in [-0.15, -0.1) is 10.1 Å². The molecule has 0 radical (unpaired) electrons. The first-order valence-electron chi connectivity index (χ1n) is 5.14. The molecule has 0 aliphatic rings. The number of rotatable bonds is 5. The Morgan fingerprint density at radius 1 is 1.39 bits per heavy atom. The lowest BCUT2D eigenvalue weighted by molar-refractivity contribution is -0.727. The lowest BCUT2D eigenvalue weighted by Gasteiger charge is -2.07. The molecule has 0 aliphatic heterocycles. The van der Waals surface area contributed by atoms with Crippen molar-refractivity contribution in [3.8, 4) is 0 Å². The third-order valence-electron chi connectivity index (χ3n) is 2.32. The second kappa shape index (κ2) is 5.76. The topological polar surface area (TPSA) is 107 Å². The average molecular weight is 253 g/mol. The molecule has 0 fully saturated rings. The van der Waals surface area contributed by atoms with E-state index in [1.807, 2.05) is 0 Å². The summed E-state index contributed by atoms with van der Waals surface area (Å²) in [6.45, 7) is 1.79. The molecule has 1 aromatic carbocycles. The van der Waals surface area contributed by atoms with Gasteiger partial charge in [-0.05, 0) is 29.7 Å². The van der Waals surface area contributed by atoms with Crippen LogP contribution in [-0.4, -0.2) is 22.1 Å². The minimum atomic E-state index is -1.18. The van der Waals surface area contributed by atoms with Crippen LogP contribution in [0.3, 0.4) is 0 Å². The number of benzene rings is 1. The Morgan fingerprint density at radius 2 is 2.06 bits per heavy atom. The van der Waals surface area contributed by atoms with Crippen LogP contribution in [0.4, 0.5) is 0 Å². The number of hydrogen-bond donors (Lipinski definition) is 1. The third-order valence-corrected chi connectivity index (χ3v) is 2.32. The maximum Gasteiger partial charge on any atom is 0.334 e. The molecule has 0 atom stereocenters. The van der Waals surface area contributed by atoms with Crippen LogP contribution in [0.25, 0.3) is 0 Å². The van der Waals surface area contributed by atoms with E-state index in [0.29, 0.717) is 17.5 Å². The number of nitrogens with zero attached hydrogens (tertiary/aromatic N) is 1. The van der Waals surface area contributed by atoms with E-state index in [9.17, 15) is 19.7 Å². The number of aliphatic carboxylic acids is 1. The van der Waals surface area contributed by atoms with Crippen molar-refractivity contribution in [1.29, 1.82) is 0 Å². The van der Waals surface area contributed by atoms with Gasteiger partial charge >= 0.3 is 17.0 Å². The van der Waals surface area contributed by atoms with E-state index in [-0.39, 0.29) is 12.0 Å². The third kappa shape index (κ3) is 3.55. The molecule has 1 N–H and O–H groups in total.